The number of rotatable bonds is 3. The molecule has 0 spiro atoms. The van der Waals surface area contributed by atoms with E-state index in [0.717, 1.165) is 5.57 Å². The van der Waals surface area contributed by atoms with Crippen molar-refractivity contribution in [1.29, 1.82) is 0 Å². The summed E-state index contributed by atoms with van der Waals surface area (Å²) < 4.78 is 10.2. The van der Waals surface area contributed by atoms with E-state index in [1.165, 1.54) is 0 Å². The standard InChI is InChI=1S/C10H14O3/c1-6(2)8(4)13-9-5-7(3)12-10(9)11/h7,9H,1,4-5H2,2-3H3. The van der Waals surface area contributed by atoms with Gasteiger partial charge in [-0.1, -0.05) is 13.2 Å². The van der Waals surface area contributed by atoms with E-state index in [1.54, 1.807) is 6.92 Å². The van der Waals surface area contributed by atoms with Crippen LogP contribution in [0.4, 0.5) is 0 Å². The Labute approximate surface area is 78.0 Å². The van der Waals surface area contributed by atoms with Crippen LogP contribution in [-0.2, 0) is 14.3 Å². The lowest BCUT2D eigenvalue weighted by Gasteiger charge is -2.11. The van der Waals surface area contributed by atoms with Gasteiger partial charge < -0.3 is 9.47 Å². The number of cyclic esters (lactones) is 1. The largest absolute Gasteiger partial charge is 0.479 e. The second kappa shape index (κ2) is 3.64. The summed E-state index contributed by atoms with van der Waals surface area (Å²) in [6.45, 7) is 10.9. The molecule has 72 valence electrons. The molecule has 1 heterocycles. The van der Waals surface area contributed by atoms with Crippen molar-refractivity contribution in [2.24, 2.45) is 0 Å². The van der Waals surface area contributed by atoms with Crippen LogP contribution in [0.15, 0.2) is 24.5 Å². The van der Waals surface area contributed by atoms with Gasteiger partial charge in [-0.15, -0.1) is 0 Å². The summed E-state index contributed by atoms with van der Waals surface area (Å²) in [6.07, 6.45) is 0.0279. The highest BCUT2D eigenvalue weighted by Gasteiger charge is 2.33. The van der Waals surface area contributed by atoms with Crippen molar-refractivity contribution >= 4 is 5.97 Å². The van der Waals surface area contributed by atoms with Gasteiger partial charge in [-0.25, -0.2) is 4.79 Å². The predicted octanol–water partition coefficient (Wildman–Crippen LogP) is 1.80. The van der Waals surface area contributed by atoms with Gasteiger partial charge in [-0.2, -0.15) is 0 Å². The molecule has 0 radical (unpaired) electrons. The molecule has 0 aromatic rings. The Balaban J connectivity index is 2.51. The zero-order valence-corrected chi connectivity index (χ0v) is 8.00. The van der Waals surface area contributed by atoms with E-state index in [1.807, 2.05) is 6.92 Å². The molecule has 1 aliphatic heterocycles. The topological polar surface area (TPSA) is 35.5 Å². The van der Waals surface area contributed by atoms with Gasteiger partial charge in [-0.05, 0) is 19.4 Å². The monoisotopic (exact) mass is 182 g/mol. The van der Waals surface area contributed by atoms with Crippen molar-refractivity contribution in [3.05, 3.63) is 24.5 Å². The highest BCUT2D eigenvalue weighted by atomic mass is 16.6. The van der Waals surface area contributed by atoms with Crippen LogP contribution in [-0.4, -0.2) is 18.2 Å². The Morgan fingerprint density at radius 3 is 2.62 bits per heavy atom. The number of carbonyl (C=O) groups is 1. The molecule has 0 aromatic carbocycles. The number of carbonyl (C=O) groups excluding carboxylic acids is 1. The molecule has 2 unspecified atom stereocenters. The summed E-state index contributed by atoms with van der Waals surface area (Å²) >= 11 is 0. The Morgan fingerprint density at radius 2 is 2.23 bits per heavy atom. The van der Waals surface area contributed by atoms with Crippen LogP contribution < -0.4 is 0 Å². The molecule has 1 aliphatic rings. The van der Waals surface area contributed by atoms with Gasteiger partial charge in [0.25, 0.3) is 0 Å². The maximum atomic E-state index is 11.1. The van der Waals surface area contributed by atoms with Crippen molar-refractivity contribution in [2.75, 3.05) is 0 Å². The first kappa shape index (κ1) is 9.84. The third kappa shape index (κ3) is 2.34. The highest BCUT2D eigenvalue weighted by molar-refractivity contribution is 5.77. The molecule has 0 bridgehead atoms. The minimum atomic E-state index is -0.501. The second-order valence-electron chi connectivity index (χ2n) is 3.29. The number of ether oxygens (including phenoxy) is 2. The van der Waals surface area contributed by atoms with E-state index >= 15 is 0 Å². The minimum absolute atomic E-state index is 0.0598. The fraction of sp³-hybridized carbons (Fsp3) is 0.500. The molecular weight excluding hydrogens is 168 g/mol. The van der Waals surface area contributed by atoms with Crippen molar-refractivity contribution in [1.82, 2.24) is 0 Å². The molecule has 2 atom stereocenters. The maximum Gasteiger partial charge on any atom is 0.347 e. The van der Waals surface area contributed by atoms with Crippen molar-refractivity contribution in [3.8, 4) is 0 Å². The fourth-order valence-corrected chi connectivity index (χ4v) is 1.09. The first-order valence-corrected chi connectivity index (χ1v) is 4.22. The zero-order chi connectivity index (χ0) is 10.0. The van der Waals surface area contributed by atoms with Crippen molar-refractivity contribution in [3.63, 3.8) is 0 Å². The molecule has 0 aromatic heterocycles. The summed E-state index contributed by atoms with van der Waals surface area (Å²) in [5, 5.41) is 0. The molecule has 1 fully saturated rings. The molecule has 0 amide bonds. The van der Waals surface area contributed by atoms with Gasteiger partial charge in [0.2, 0.25) is 0 Å². The lowest BCUT2D eigenvalue weighted by atomic mass is 10.2. The summed E-state index contributed by atoms with van der Waals surface area (Å²) in [4.78, 5) is 11.1. The van der Waals surface area contributed by atoms with Gasteiger partial charge in [-0.3, -0.25) is 0 Å². The van der Waals surface area contributed by atoms with Crippen LogP contribution in [0.2, 0.25) is 0 Å². The normalized spacial score (nSPS) is 26.8. The molecule has 0 aliphatic carbocycles. The molecule has 0 N–H and O–H groups in total. The minimum Gasteiger partial charge on any atom is -0.479 e. The van der Waals surface area contributed by atoms with E-state index < -0.39 is 6.10 Å². The average molecular weight is 182 g/mol. The van der Waals surface area contributed by atoms with Crippen LogP contribution in [0.3, 0.4) is 0 Å². The Kier molecular flexibility index (Phi) is 2.76. The third-order valence-electron chi connectivity index (χ3n) is 1.89. The summed E-state index contributed by atoms with van der Waals surface area (Å²) in [6, 6.07) is 0. The van der Waals surface area contributed by atoms with Gasteiger partial charge in [0, 0.05) is 6.42 Å². The SMILES string of the molecule is C=C(C)C(=C)OC1CC(C)OC1=O. The molecule has 3 heteroatoms. The molecule has 1 rings (SSSR count). The average Bonchev–Trinajstić information content (AvgIpc) is 2.30. The van der Waals surface area contributed by atoms with Crippen LogP contribution >= 0.6 is 0 Å². The molecule has 1 saturated heterocycles. The third-order valence-corrected chi connectivity index (χ3v) is 1.89. The lowest BCUT2D eigenvalue weighted by molar-refractivity contribution is -0.147. The van der Waals surface area contributed by atoms with Gasteiger partial charge in [0.05, 0.1) is 0 Å². The first-order valence-electron chi connectivity index (χ1n) is 4.22. The Morgan fingerprint density at radius 1 is 1.62 bits per heavy atom. The quantitative estimate of drug-likeness (QED) is 0.379. The van der Waals surface area contributed by atoms with Gasteiger partial charge in [0.1, 0.15) is 11.9 Å². The van der Waals surface area contributed by atoms with Crippen LogP contribution in [0.5, 0.6) is 0 Å². The molecule has 13 heavy (non-hydrogen) atoms. The van der Waals surface area contributed by atoms with Crippen LogP contribution in [0, 0.1) is 0 Å². The van der Waals surface area contributed by atoms with E-state index in [2.05, 4.69) is 13.2 Å². The Hall–Kier alpha value is -1.25. The lowest BCUT2D eigenvalue weighted by Crippen LogP contribution is -2.18. The smallest absolute Gasteiger partial charge is 0.347 e. The number of esters is 1. The van der Waals surface area contributed by atoms with Crippen LogP contribution in [0.25, 0.3) is 0 Å². The number of hydrogen-bond donors (Lipinski definition) is 0. The molecular formula is C10H14O3. The summed E-state index contributed by atoms with van der Waals surface area (Å²) in [5.74, 6) is 0.144. The maximum absolute atomic E-state index is 11.1. The van der Waals surface area contributed by atoms with E-state index in [4.69, 9.17) is 9.47 Å². The first-order chi connectivity index (χ1) is 6.00. The van der Waals surface area contributed by atoms with Gasteiger partial charge >= 0.3 is 5.97 Å². The second-order valence-corrected chi connectivity index (χ2v) is 3.29. The molecule has 0 saturated carbocycles. The summed E-state index contributed by atoms with van der Waals surface area (Å²) in [5.41, 5.74) is 0.729. The fourth-order valence-electron chi connectivity index (χ4n) is 1.09. The molecule has 3 nitrogen and oxygen atoms in total. The van der Waals surface area contributed by atoms with Gasteiger partial charge in [0.15, 0.2) is 6.10 Å². The predicted molar refractivity (Wildman–Crippen MR) is 49.0 cm³/mol. The van der Waals surface area contributed by atoms with Crippen molar-refractivity contribution in [2.45, 2.75) is 32.5 Å². The van der Waals surface area contributed by atoms with Crippen LogP contribution in [0.1, 0.15) is 20.3 Å². The van der Waals surface area contributed by atoms with E-state index in [0.29, 0.717) is 12.2 Å². The van der Waals surface area contributed by atoms with E-state index in [9.17, 15) is 4.79 Å². The van der Waals surface area contributed by atoms with Crippen molar-refractivity contribution < 1.29 is 14.3 Å². The van der Waals surface area contributed by atoms with E-state index in [-0.39, 0.29) is 12.1 Å². The zero-order valence-electron chi connectivity index (χ0n) is 8.00. The highest BCUT2D eigenvalue weighted by Crippen LogP contribution is 2.21. The number of hydrogen-bond acceptors (Lipinski definition) is 3. The summed E-state index contributed by atoms with van der Waals surface area (Å²) in [7, 11) is 0. The Bertz CT molecular complexity index is 255. The number of allylic oxidation sites excluding steroid dienone is 1.